The van der Waals surface area contributed by atoms with Gasteiger partial charge in [0.15, 0.2) is 5.76 Å². The number of benzene rings is 2. The van der Waals surface area contributed by atoms with Gasteiger partial charge in [-0.1, -0.05) is 19.9 Å². The Morgan fingerprint density at radius 1 is 1.02 bits per heavy atom. The number of pyridine rings is 1. The van der Waals surface area contributed by atoms with Gasteiger partial charge in [0.2, 0.25) is 10.0 Å². The van der Waals surface area contributed by atoms with E-state index >= 15 is 0 Å². The van der Waals surface area contributed by atoms with Crippen LogP contribution in [0.5, 0.6) is 0 Å². The Morgan fingerprint density at radius 2 is 1.79 bits per heavy atom. The predicted octanol–water partition coefficient (Wildman–Crippen LogP) is 5.29. The Morgan fingerprint density at radius 3 is 2.52 bits per heavy atom. The van der Waals surface area contributed by atoms with E-state index in [1.54, 1.807) is 36.7 Å². The quantitative estimate of drug-likeness (QED) is 0.227. The third-order valence-corrected chi connectivity index (χ3v) is 8.56. The maximum absolute atomic E-state index is 12.8. The van der Waals surface area contributed by atoms with Crippen molar-refractivity contribution in [1.82, 2.24) is 14.9 Å². The fraction of sp³-hybridized carbons (Fsp3) is 0.355. The number of H-pyrrole nitrogens is 1. The van der Waals surface area contributed by atoms with E-state index in [9.17, 15) is 13.2 Å². The van der Waals surface area contributed by atoms with Crippen molar-refractivity contribution in [3.8, 4) is 22.5 Å². The maximum atomic E-state index is 12.8. The number of hydrogen-bond acceptors (Lipinski definition) is 8. The Bertz CT molecular complexity index is 1720. The molecule has 42 heavy (non-hydrogen) atoms. The fourth-order valence-electron chi connectivity index (χ4n) is 5.20. The molecule has 222 valence electrons. The Kier molecular flexibility index (Phi) is 8.81. The minimum absolute atomic E-state index is 0.0299. The standard InChI is InChI=1S/C31H37N5O5S/c1-20(2)19-42(38,39)35-27-15-24(14-25(16-27)29-22(4)5-6-32-30(29)37)28-17-33-31(41-28)34-26-12-21(3)11-23(13-26)18-36-7-9-40-10-8-36/h5-6,11-17,20,35H,7-10,18-19H2,1-4H3,(H,32,37)(H,33,34). The number of anilines is 3. The van der Waals surface area contributed by atoms with E-state index in [0.29, 0.717) is 34.2 Å². The highest BCUT2D eigenvalue weighted by Gasteiger charge is 2.18. The molecule has 0 amide bonds. The van der Waals surface area contributed by atoms with Gasteiger partial charge in [0, 0.05) is 48.3 Å². The highest BCUT2D eigenvalue weighted by molar-refractivity contribution is 7.92. The van der Waals surface area contributed by atoms with Crippen LogP contribution in [0.25, 0.3) is 22.5 Å². The van der Waals surface area contributed by atoms with Crippen LogP contribution in [0.4, 0.5) is 17.4 Å². The maximum Gasteiger partial charge on any atom is 0.299 e. The second-order valence-corrected chi connectivity index (χ2v) is 13.0. The zero-order valence-corrected chi connectivity index (χ0v) is 25.2. The molecular formula is C31H37N5O5S. The van der Waals surface area contributed by atoms with Crippen molar-refractivity contribution in [1.29, 1.82) is 0 Å². The van der Waals surface area contributed by atoms with Crippen molar-refractivity contribution < 1.29 is 17.6 Å². The number of sulfonamides is 1. The van der Waals surface area contributed by atoms with Crippen LogP contribution in [0.1, 0.15) is 30.5 Å². The van der Waals surface area contributed by atoms with Crippen LogP contribution in [0.3, 0.4) is 0 Å². The zero-order valence-electron chi connectivity index (χ0n) is 24.4. The van der Waals surface area contributed by atoms with Gasteiger partial charge in [0.05, 0.1) is 25.2 Å². The molecule has 10 nitrogen and oxygen atoms in total. The molecule has 0 radical (unpaired) electrons. The van der Waals surface area contributed by atoms with Gasteiger partial charge in [-0.05, 0) is 78.4 Å². The third kappa shape index (κ3) is 7.47. The van der Waals surface area contributed by atoms with E-state index in [0.717, 1.165) is 49.7 Å². The molecule has 0 spiro atoms. The Hall–Kier alpha value is -3.93. The van der Waals surface area contributed by atoms with Gasteiger partial charge in [0.25, 0.3) is 11.6 Å². The molecule has 3 heterocycles. The summed E-state index contributed by atoms with van der Waals surface area (Å²) in [6.07, 6.45) is 3.17. The number of ether oxygens (including phenoxy) is 1. The normalized spacial score (nSPS) is 14.3. The van der Waals surface area contributed by atoms with Gasteiger partial charge in [-0.25, -0.2) is 13.4 Å². The number of aromatic nitrogens is 2. The van der Waals surface area contributed by atoms with Gasteiger partial charge in [-0.15, -0.1) is 0 Å². The van der Waals surface area contributed by atoms with Crippen LogP contribution in [-0.2, 0) is 21.3 Å². The SMILES string of the molecule is Cc1cc(CN2CCOCC2)cc(Nc2ncc(-c3cc(NS(=O)(=O)CC(C)C)cc(-c4c(C)cc[nH]c4=O)c3)o2)c1. The van der Waals surface area contributed by atoms with Gasteiger partial charge in [-0.3, -0.25) is 14.4 Å². The zero-order chi connectivity index (χ0) is 29.9. The van der Waals surface area contributed by atoms with E-state index in [1.807, 2.05) is 26.8 Å². The lowest BCUT2D eigenvalue weighted by Crippen LogP contribution is -2.35. The van der Waals surface area contributed by atoms with Crippen molar-refractivity contribution in [2.75, 3.05) is 42.1 Å². The van der Waals surface area contributed by atoms with E-state index < -0.39 is 10.0 Å². The molecule has 5 rings (SSSR count). The van der Waals surface area contributed by atoms with Gasteiger partial charge < -0.3 is 19.5 Å². The number of aryl methyl sites for hydroxylation is 2. The number of nitrogens with zero attached hydrogens (tertiary/aromatic N) is 2. The molecule has 2 aromatic heterocycles. The summed E-state index contributed by atoms with van der Waals surface area (Å²) >= 11 is 0. The molecule has 0 aliphatic carbocycles. The fourth-order valence-corrected chi connectivity index (χ4v) is 6.64. The second kappa shape index (κ2) is 12.5. The number of hydrogen-bond donors (Lipinski definition) is 3. The van der Waals surface area contributed by atoms with E-state index in [-0.39, 0.29) is 17.2 Å². The summed E-state index contributed by atoms with van der Waals surface area (Å²) < 4.78 is 39.8. The topological polar surface area (TPSA) is 130 Å². The van der Waals surface area contributed by atoms with E-state index in [1.165, 1.54) is 5.56 Å². The lowest BCUT2D eigenvalue weighted by atomic mass is 9.99. The van der Waals surface area contributed by atoms with Gasteiger partial charge >= 0.3 is 0 Å². The number of rotatable bonds is 10. The van der Waals surface area contributed by atoms with Crippen LogP contribution < -0.4 is 15.6 Å². The lowest BCUT2D eigenvalue weighted by molar-refractivity contribution is 0.0342. The summed E-state index contributed by atoms with van der Waals surface area (Å²) in [6.45, 7) is 11.7. The summed E-state index contributed by atoms with van der Waals surface area (Å²) in [7, 11) is -3.61. The summed E-state index contributed by atoms with van der Waals surface area (Å²) in [5, 5.41) is 3.26. The number of oxazole rings is 1. The van der Waals surface area contributed by atoms with Gasteiger partial charge in [0.1, 0.15) is 0 Å². The molecule has 4 aromatic rings. The highest BCUT2D eigenvalue weighted by atomic mass is 32.2. The smallest absolute Gasteiger partial charge is 0.299 e. The molecular weight excluding hydrogens is 554 g/mol. The summed E-state index contributed by atoms with van der Waals surface area (Å²) in [4.78, 5) is 22.3. The molecule has 0 unspecified atom stereocenters. The van der Waals surface area contributed by atoms with Crippen molar-refractivity contribution in [2.45, 2.75) is 34.2 Å². The molecule has 1 aliphatic heterocycles. The number of nitrogens with one attached hydrogen (secondary N) is 3. The molecule has 0 saturated carbocycles. The number of aromatic amines is 1. The second-order valence-electron chi connectivity index (χ2n) is 11.2. The molecule has 0 bridgehead atoms. The molecule has 11 heteroatoms. The first kappa shape index (κ1) is 29.6. The average molecular weight is 592 g/mol. The van der Waals surface area contributed by atoms with Crippen molar-refractivity contribution >= 4 is 27.4 Å². The molecule has 1 fully saturated rings. The minimum Gasteiger partial charge on any atom is -0.423 e. The van der Waals surface area contributed by atoms with Crippen molar-refractivity contribution in [2.24, 2.45) is 5.92 Å². The summed E-state index contributed by atoms with van der Waals surface area (Å²) in [5.41, 5.74) is 5.58. The van der Waals surface area contributed by atoms with Crippen LogP contribution in [0, 0.1) is 19.8 Å². The van der Waals surface area contributed by atoms with Gasteiger partial charge in [-0.2, -0.15) is 0 Å². The van der Waals surface area contributed by atoms with Crippen LogP contribution in [0.15, 0.2) is 64.1 Å². The van der Waals surface area contributed by atoms with Crippen LogP contribution >= 0.6 is 0 Å². The third-order valence-electron chi connectivity index (χ3n) is 6.91. The van der Waals surface area contributed by atoms with Crippen LogP contribution in [0.2, 0.25) is 0 Å². The van der Waals surface area contributed by atoms with Crippen LogP contribution in [-0.4, -0.2) is 55.3 Å². The predicted molar refractivity (Wildman–Crippen MR) is 166 cm³/mol. The molecule has 0 atom stereocenters. The Balaban J connectivity index is 1.45. The Labute approximate surface area is 246 Å². The average Bonchev–Trinajstić information content (AvgIpc) is 3.36. The number of morpholine rings is 1. The molecule has 1 saturated heterocycles. The summed E-state index contributed by atoms with van der Waals surface area (Å²) in [6, 6.07) is 13.5. The van der Waals surface area contributed by atoms with E-state index in [2.05, 4.69) is 44.0 Å². The van der Waals surface area contributed by atoms with Crippen molar-refractivity contribution in [3.63, 3.8) is 0 Å². The molecule has 1 aliphatic rings. The first-order chi connectivity index (χ1) is 20.0. The molecule has 2 aromatic carbocycles. The highest BCUT2D eigenvalue weighted by Crippen LogP contribution is 2.33. The summed E-state index contributed by atoms with van der Waals surface area (Å²) in [5.74, 6) is 0.343. The lowest BCUT2D eigenvalue weighted by Gasteiger charge is -2.26. The first-order valence-corrected chi connectivity index (χ1v) is 15.7. The van der Waals surface area contributed by atoms with E-state index in [4.69, 9.17) is 9.15 Å². The largest absolute Gasteiger partial charge is 0.423 e. The minimum atomic E-state index is -3.61. The monoisotopic (exact) mass is 591 g/mol. The molecule has 3 N–H and O–H groups in total. The van der Waals surface area contributed by atoms with Crippen molar-refractivity contribution in [3.05, 3.63) is 81.9 Å². The first-order valence-electron chi connectivity index (χ1n) is 14.0.